The third-order valence-electron chi connectivity index (χ3n) is 3.02. The van der Waals surface area contributed by atoms with Gasteiger partial charge in [-0.2, -0.15) is 5.26 Å². The van der Waals surface area contributed by atoms with E-state index in [1.165, 1.54) is 0 Å². The van der Waals surface area contributed by atoms with E-state index in [9.17, 15) is 0 Å². The Hall–Kier alpha value is -1.53. The molecule has 1 fully saturated rings. The predicted octanol–water partition coefficient (Wildman–Crippen LogP) is 2.21. The van der Waals surface area contributed by atoms with E-state index in [0.29, 0.717) is 17.4 Å². The molecule has 1 aromatic carbocycles. The zero-order valence-corrected chi connectivity index (χ0v) is 9.23. The SMILES string of the molecule is N#Cc1ccccc1OC1CCC(N)CC1. The molecule has 0 atom stereocenters. The van der Waals surface area contributed by atoms with Crippen LogP contribution in [0.4, 0.5) is 0 Å². The summed E-state index contributed by atoms with van der Waals surface area (Å²) < 4.78 is 5.85. The lowest BCUT2D eigenvalue weighted by Crippen LogP contribution is -2.31. The highest BCUT2D eigenvalue weighted by Gasteiger charge is 2.20. The first-order chi connectivity index (χ1) is 7.79. The maximum atomic E-state index is 8.94. The summed E-state index contributed by atoms with van der Waals surface area (Å²) in [6, 6.07) is 9.85. The van der Waals surface area contributed by atoms with Crippen LogP contribution in [-0.2, 0) is 0 Å². The number of para-hydroxylation sites is 1. The van der Waals surface area contributed by atoms with Gasteiger partial charge in [0.15, 0.2) is 0 Å². The number of hydrogen-bond acceptors (Lipinski definition) is 3. The monoisotopic (exact) mass is 216 g/mol. The lowest BCUT2D eigenvalue weighted by atomic mass is 9.93. The molecule has 2 rings (SSSR count). The Morgan fingerprint density at radius 1 is 1.19 bits per heavy atom. The van der Waals surface area contributed by atoms with Crippen LogP contribution in [0, 0.1) is 11.3 Å². The van der Waals surface area contributed by atoms with Gasteiger partial charge in [0.25, 0.3) is 0 Å². The van der Waals surface area contributed by atoms with Gasteiger partial charge in [0, 0.05) is 6.04 Å². The Labute approximate surface area is 95.8 Å². The van der Waals surface area contributed by atoms with Gasteiger partial charge in [-0.15, -0.1) is 0 Å². The second kappa shape index (κ2) is 5.00. The highest BCUT2D eigenvalue weighted by molar-refractivity contribution is 5.42. The maximum absolute atomic E-state index is 8.94. The van der Waals surface area contributed by atoms with E-state index in [0.717, 1.165) is 25.7 Å². The fourth-order valence-corrected chi connectivity index (χ4v) is 2.05. The number of nitrogens with two attached hydrogens (primary N) is 1. The van der Waals surface area contributed by atoms with E-state index in [1.807, 2.05) is 18.2 Å². The first-order valence-corrected chi connectivity index (χ1v) is 5.71. The van der Waals surface area contributed by atoms with Crippen LogP contribution >= 0.6 is 0 Å². The van der Waals surface area contributed by atoms with Gasteiger partial charge in [-0.05, 0) is 37.8 Å². The number of ether oxygens (including phenoxy) is 1. The van der Waals surface area contributed by atoms with E-state index < -0.39 is 0 Å². The molecule has 0 aliphatic heterocycles. The molecule has 0 radical (unpaired) electrons. The van der Waals surface area contributed by atoms with Crippen LogP contribution in [0.25, 0.3) is 0 Å². The molecular formula is C13H16N2O. The smallest absolute Gasteiger partial charge is 0.137 e. The van der Waals surface area contributed by atoms with Crippen molar-refractivity contribution in [3.63, 3.8) is 0 Å². The van der Waals surface area contributed by atoms with Gasteiger partial charge in [-0.25, -0.2) is 0 Å². The van der Waals surface area contributed by atoms with E-state index in [2.05, 4.69) is 6.07 Å². The summed E-state index contributed by atoms with van der Waals surface area (Å²) in [6.45, 7) is 0. The summed E-state index contributed by atoms with van der Waals surface area (Å²) in [5, 5.41) is 8.94. The number of hydrogen-bond donors (Lipinski definition) is 1. The second-order valence-electron chi connectivity index (χ2n) is 4.26. The molecule has 0 amide bonds. The fourth-order valence-electron chi connectivity index (χ4n) is 2.05. The highest BCUT2D eigenvalue weighted by atomic mass is 16.5. The Morgan fingerprint density at radius 3 is 2.56 bits per heavy atom. The third kappa shape index (κ3) is 2.53. The Bertz CT molecular complexity index is 389. The molecule has 3 heteroatoms. The van der Waals surface area contributed by atoms with Crippen LogP contribution < -0.4 is 10.5 Å². The average molecular weight is 216 g/mol. The zero-order chi connectivity index (χ0) is 11.4. The van der Waals surface area contributed by atoms with Gasteiger partial charge in [0.05, 0.1) is 11.7 Å². The van der Waals surface area contributed by atoms with Crippen LogP contribution in [0.5, 0.6) is 5.75 Å². The molecule has 2 N–H and O–H groups in total. The quantitative estimate of drug-likeness (QED) is 0.824. The molecule has 16 heavy (non-hydrogen) atoms. The standard InChI is InChI=1S/C13H16N2O/c14-9-10-3-1-2-4-13(10)16-12-7-5-11(15)6-8-12/h1-4,11-12H,5-8,15H2. The van der Waals surface area contributed by atoms with Crippen molar-refractivity contribution in [2.75, 3.05) is 0 Å². The van der Waals surface area contributed by atoms with E-state index in [4.69, 9.17) is 15.7 Å². The molecule has 0 spiro atoms. The fraction of sp³-hybridized carbons (Fsp3) is 0.462. The molecule has 0 heterocycles. The average Bonchev–Trinajstić information content (AvgIpc) is 2.33. The minimum absolute atomic E-state index is 0.217. The molecule has 0 aromatic heterocycles. The van der Waals surface area contributed by atoms with Crippen molar-refractivity contribution in [1.82, 2.24) is 0 Å². The van der Waals surface area contributed by atoms with Crippen molar-refractivity contribution in [3.05, 3.63) is 29.8 Å². The molecule has 0 unspecified atom stereocenters. The van der Waals surface area contributed by atoms with Gasteiger partial charge in [-0.3, -0.25) is 0 Å². The Kier molecular flexibility index (Phi) is 3.43. The molecule has 84 valence electrons. The van der Waals surface area contributed by atoms with Crippen LogP contribution in [0.15, 0.2) is 24.3 Å². The third-order valence-corrected chi connectivity index (χ3v) is 3.02. The maximum Gasteiger partial charge on any atom is 0.137 e. The molecule has 1 saturated carbocycles. The normalized spacial score (nSPS) is 24.8. The van der Waals surface area contributed by atoms with Gasteiger partial charge in [0.2, 0.25) is 0 Å². The topological polar surface area (TPSA) is 59.0 Å². The van der Waals surface area contributed by atoms with Gasteiger partial charge < -0.3 is 10.5 Å². The minimum Gasteiger partial charge on any atom is -0.489 e. The minimum atomic E-state index is 0.217. The van der Waals surface area contributed by atoms with Crippen molar-refractivity contribution >= 4 is 0 Å². The summed E-state index contributed by atoms with van der Waals surface area (Å²) in [4.78, 5) is 0. The first kappa shape index (κ1) is 11.0. The number of rotatable bonds is 2. The van der Waals surface area contributed by atoms with Crippen molar-refractivity contribution < 1.29 is 4.74 Å². The molecule has 0 bridgehead atoms. The van der Waals surface area contributed by atoms with Crippen molar-refractivity contribution in [2.24, 2.45) is 5.73 Å². The molecule has 1 aliphatic rings. The van der Waals surface area contributed by atoms with Crippen LogP contribution in [-0.4, -0.2) is 12.1 Å². The van der Waals surface area contributed by atoms with E-state index in [1.54, 1.807) is 6.07 Å². The Morgan fingerprint density at radius 2 is 1.88 bits per heavy atom. The van der Waals surface area contributed by atoms with Gasteiger partial charge >= 0.3 is 0 Å². The number of nitriles is 1. The van der Waals surface area contributed by atoms with Crippen molar-refractivity contribution in [3.8, 4) is 11.8 Å². The number of nitrogens with zero attached hydrogens (tertiary/aromatic N) is 1. The molecule has 3 nitrogen and oxygen atoms in total. The van der Waals surface area contributed by atoms with E-state index >= 15 is 0 Å². The van der Waals surface area contributed by atoms with Crippen LogP contribution in [0.1, 0.15) is 31.2 Å². The van der Waals surface area contributed by atoms with Crippen LogP contribution in [0.3, 0.4) is 0 Å². The second-order valence-corrected chi connectivity index (χ2v) is 4.26. The summed E-state index contributed by atoms with van der Waals surface area (Å²) in [5.41, 5.74) is 6.45. The molecule has 1 aliphatic carbocycles. The van der Waals surface area contributed by atoms with Crippen molar-refractivity contribution in [1.29, 1.82) is 5.26 Å². The lowest BCUT2D eigenvalue weighted by molar-refractivity contribution is 0.147. The zero-order valence-electron chi connectivity index (χ0n) is 9.23. The molecular weight excluding hydrogens is 200 g/mol. The van der Waals surface area contributed by atoms with Gasteiger partial charge in [-0.1, -0.05) is 12.1 Å². The largest absolute Gasteiger partial charge is 0.489 e. The van der Waals surface area contributed by atoms with Crippen LogP contribution in [0.2, 0.25) is 0 Å². The predicted molar refractivity (Wildman–Crippen MR) is 62.0 cm³/mol. The lowest BCUT2D eigenvalue weighted by Gasteiger charge is -2.27. The van der Waals surface area contributed by atoms with Gasteiger partial charge in [0.1, 0.15) is 11.8 Å². The molecule has 0 saturated heterocycles. The van der Waals surface area contributed by atoms with E-state index in [-0.39, 0.29) is 6.10 Å². The summed E-state index contributed by atoms with van der Waals surface area (Å²) in [5.74, 6) is 0.700. The molecule has 1 aromatic rings. The highest BCUT2D eigenvalue weighted by Crippen LogP contribution is 2.25. The number of benzene rings is 1. The summed E-state index contributed by atoms with van der Waals surface area (Å²) >= 11 is 0. The summed E-state index contributed by atoms with van der Waals surface area (Å²) in [7, 11) is 0. The Balaban J connectivity index is 2.01. The first-order valence-electron chi connectivity index (χ1n) is 5.71. The summed E-state index contributed by atoms with van der Waals surface area (Å²) in [6.07, 6.45) is 4.22. The van der Waals surface area contributed by atoms with Crippen molar-refractivity contribution in [2.45, 2.75) is 37.8 Å².